The molecule has 3 N–H and O–H groups in total. The molecule has 0 saturated carbocycles. The van der Waals surface area contributed by atoms with Gasteiger partial charge in [0.2, 0.25) is 0 Å². The van der Waals surface area contributed by atoms with Crippen LogP contribution in [0.4, 0.5) is 11.5 Å². The Morgan fingerprint density at radius 2 is 1.80 bits per heavy atom. The third kappa shape index (κ3) is 2.95. The van der Waals surface area contributed by atoms with Crippen molar-refractivity contribution < 1.29 is 0 Å². The molecule has 124 valence electrons. The number of hydrogen-bond donors (Lipinski definition) is 2. The van der Waals surface area contributed by atoms with E-state index in [4.69, 9.17) is 5.73 Å². The molecular formula is C19H18N6. The largest absolute Gasteiger partial charge is 0.339 e. The van der Waals surface area contributed by atoms with Gasteiger partial charge in [-0.2, -0.15) is 0 Å². The molecule has 2 aromatic carbocycles. The van der Waals surface area contributed by atoms with Crippen molar-refractivity contribution in [2.45, 2.75) is 13.5 Å². The maximum absolute atomic E-state index is 5.63. The predicted molar refractivity (Wildman–Crippen MR) is 99.0 cm³/mol. The summed E-state index contributed by atoms with van der Waals surface area (Å²) in [6.07, 6.45) is 3.44. The standard InChI is InChI=1S/C19H18N6/c1-13-22-16-4-2-3-5-17(16)25(13)19-12-21-11-18(24-19)23-15-8-6-14(10-20)7-9-15/h2-9,11-12H,10,20H2,1H3,(H,23,24). The minimum atomic E-state index is 0.530. The average molecular weight is 330 g/mol. The van der Waals surface area contributed by atoms with Crippen LogP contribution in [0.15, 0.2) is 60.9 Å². The first-order valence-electron chi connectivity index (χ1n) is 8.07. The molecule has 6 nitrogen and oxygen atoms in total. The van der Waals surface area contributed by atoms with E-state index in [0.717, 1.165) is 33.9 Å². The number of rotatable bonds is 4. The van der Waals surface area contributed by atoms with E-state index in [1.807, 2.05) is 60.0 Å². The first-order chi connectivity index (χ1) is 12.2. The molecule has 25 heavy (non-hydrogen) atoms. The van der Waals surface area contributed by atoms with Gasteiger partial charge < -0.3 is 11.1 Å². The molecule has 0 aliphatic carbocycles. The van der Waals surface area contributed by atoms with Gasteiger partial charge in [-0.3, -0.25) is 9.55 Å². The lowest BCUT2D eigenvalue weighted by Gasteiger charge is -2.09. The third-order valence-corrected chi connectivity index (χ3v) is 4.04. The summed E-state index contributed by atoms with van der Waals surface area (Å²) >= 11 is 0. The lowest BCUT2D eigenvalue weighted by atomic mass is 10.2. The molecule has 0 amide bonds. The van der Waals surface area contributed by atoms with Gasteiger partial charge >= 0.3 is 0 Å². The first kappa shape index (κ1) is 15.3. The van der Waals surface area contributed by atoms with Gasteiger partial charge in [0, 0.05) is 12.2 Å². The number of benzene rings is 2. The molecule has 6 heteroatoms. The monoisotopic (exact) mass is 330 g/mol. The molecule has 2 heterocycles. The number of anilines is 2. The Morgan fingerprint density at radius 1 is 1.00 bits per heavy atom. The minimum absolute atomic E-state index is 0.530. The van der Waals surface area contributed by atoms with Crippen molar-refractivity contribution in [3.63, 3.8) is 0 Å². The number of aromatic nitrogens is 4. The van der Waals surface area contributed by atoms with Crippen molar-refractivity contribution in [3.8, 4) is 5.82 Å². The molecular weight excluding hydrogens is 312 g/mol. The van der Waals surface area contributed by atoms with E-state index in [1.54, 1.807) is 12.4 Å². The molecule has 0 aliphatic rings. The van der Waals surface area contributed by atoms with Gasteiger partial charge in [-0.15, -0.1) is 0 Å². The Balaban J connectivity index is 1.70. The predicted octanol–water partition coefficient (Wildman–Crippen LogP) is 3.33. The Morgan fingerprint density at radius 3 is 2.60 bits per heavy atom. The molecule has 0 atom stereocenters. The van der Waals surface area contributed by atoms with Crippen LogP contribution in [0.2, 0.25) is 0 Å². The fourth-order valence-corrected chi connectivity index (χ4v) is 2.83. The van der Waals surface area contributed by atoms with Gasteiger partial charge in [0.15, 0.2) is 11.6 Å². The van der Waals surface area contributed by atoms with Crippen LogP contribution in [0.5, 0.6) is 0 Å². The fraction of sp³-hybridized carbons (Fsp3) is 0.105. The van der Waals surface area contributed by atoms with E-state index in [1.165, 1.54) is 0 Å². The summed E-state index contributed by atoms with van der Waals surface area (Å²) in [7, 11) is 0. The number of imidazole rings is 1. The van der Waals surface area contributed by atoms with Gasteiger partial charge in [0.1, 0.15) is 5.82 Å². The second kappa shape index (κ2) is 6.33. The second-order valence-corrected chi connectivity index (χ2v) is 5.77. The highest BCUT2D eigenvalue weighted by Gasteiger charge is 2.10. The van der Waals surface area contributed by atoms with Crippen LogP contribution in [0.25, 0.3) is 16.9 Å². The van der Waals surface area contributed by atoms with Gasteiger partial charge in [-0.25, -0.2) is 9.97 Å². The van der Waals surface area contributed by atoms with Gasteiger partial charge in [0.05, 0.1) is 23.4 Å². The average Bonchev–Trinajstić information content (AvgIpc) is 2.98. The first-order valence-corrected chi connectivity index (χ1v) is 8.07. The number of aryl methyl sites for hydroxylation is 1. The highest BCUT2D eigenvalue weighted by molar-refractivity contribution is 5.77. The summed E-state index contributed by atoms with van der Waals surface area (Å²) in [5.74, 6) is 2.28. The highest BCUT2D eigenvalue weighted by atomic mass is 15.2. The van der Waals surface area contributed by atoms with Gasteiger partial charge in [-0.1, -0.05) is 24.3 Å². The molecule has 0 aliphatic heterocycles. The van der Waals surface area contributed by atoms with Gasteiger partial charge in [0.25, 0.3) is 0 Å². The Kier molecular flexibility index (Phi) is 3.87. The minimum Gasteiger partial charge on any atom is -0.339 e. The summed E-state index contributed by atoms with van der Waals surface area (Å²) in [4.78, 5) is 13.6. The van der Waals surface area contributed by atoms with Crippen LogP contribution in [0.1, 0.15) is 11.4 Å². The number of nitrogens with one attached hydrogen (secondary N) is 1. The topological polar surface area (TPSA) is 81.7 Å². The quantitative estimate of drug-likeness (QED) is 0.600. The maximum atomic E-state index is 5.63. The molecule has 0 saturated heterocycles. The SMILES string of the molecule is Cc1nc2ccccc2n1-c1cncc(Nc2ccc(CN)cc2)n1. The number of nitrogens with two attached hydrogens (primary N) is 1. The lowest BCUT2D eigenvalue weighted by Crippen LogP contribution is -2.03. The van der Waals surface area contributed by atoms with E-state index >= 15 is 0 Å². The maximum Gasteiger partial charge on any atom is 0.159 e. The number of hydrogen-bond acceptors (Lipinski definition) is 5. The zero-order valence-electron chi connectivity index (χ0n) is 13.8. The molecule has 0 bridgehead atoms. The third-order valence-electron chi connectivity index (χ3n) is 4.04. The van der Waals surface area contributed by atoms with Crippen LogP contribution in [-0.2, 0) is 6.54 Å². The summed E-state index contributed by atoms with van der Waals surface area (Å²) in [6.45, 7) is 2.50. The molecule has 0 spiro atoms. The number of fused-ring (bicyclic) bond motifs is 1. The lowest BCUT2D eigenvalue weighted by molar-refractivity contribution is 0.943. The van der Waals surface area contributed by atoms with E-state index in [-0.39, 0.29) is 0 Å². The molecule has 0 fully saturated rings. The summed E-state index contributed by atoms with van der Waals surface area (Å²) in [5, 5.41) is 3.28. The van der Waals surface area contributed by atoms with Crippen molar-refractivity contribution in [1.29, 1.82) is 0 Å². The van der Waals surface area contributed by atoms with E-state index in [2.05, 4.69) is 20.3 Å². The Hall–Kier alpha value is -3.25. The number of para-hydroxylation sites is 2. The zero-order chi connectivity index (χ0) is 17.2. The fourth-order valence-electron chi connectivity index (χ4n) is 2.83. The van der Waals surface area contributed by atoms with Crippen LogP contribution >= 0.6 is 0 Å². The second-order valence-electron chi connectivity index (χ2n) is 5.77. The van der Waals surface area contributed by atoms with Crippen molar-refractivity contribution in [2.75, 3.05) is 5.32 Å². The molecule has 0 unspecified atom stereocenters. The van der Waals surface area contributed by atoms with E-state index in [9.17, 15) is 0 Å². The van der Waals surface area contributed by atoms with E-state index < -0.39 is 0 Å². The summed E-state index contributed by atoms with van der Waals surface area (Å²) in [5.41, 5.74) is 9.62. The van der Waals surface area contributed by atoms with Crippen molar-refractivity contribution in [3.05, 3.63) is 72.3 Å². The zero-order valence-corrected chi connectivity index (χ0v) is 13.8. The molecule has 4 rings (SSSR count). The summed E-state index contributed by atoms with van der Waals surface area (Å²) < 4.78 is 2.00. The smallest absolute Gasteiger partial charge is 0.159 e. The Bertz CT molecular complexity index is 1020. The normalized spacial score (nSPS) is 11.0. The van der Waals surface area contributed by atoms with Crippen LogP contribution in [-0.4, -0.2) is 19.5 Å². The highest BCUT2D eigenvalue weighted by Crippen LogP contribution is 2.21. The van der Waals surface area contributed by atoms with Crippen LogP contribution in [0.3, 0.4) is 0 Å². The van der Waals surface area contributed by atoms with Crippen LogP contribution < -0.4 is 11.1 Å². The number of nitrogens with zero attached hydrogens (tertiary/aromatic N) is 4. The van der Waals surface area contributed by atoms with Gasteiger partial charge in [-0.05, 0) is 36.8 Å². The Labute approximate surface area is 145 Å². The molecule has 4 aromatic rings. The van der Waals surface area contributed by atoms with Crippen molar-refractivity contribution in [1.82, 2.24) is 19.5 Å². The molecule has 0 radical (unpaired) electrons. The molecule has 2 aromatic heterocycles. The van der Waals surface area contributed by atoms with E-state index in [0.29, 0.717) is 12.4 Å². The summed E-state index contributed by atoms with van der Waals surface area (Å²) in [6, 6.07) is 15.9. The van der Waals surface area contributed by atoms with Crippen molar-refractivity contribution >= 4 is 22.5 Å². The van der Waals surface area contributed by atoms with Crippen LogP contribution in [0, 0.1) is 6.92 Å². The van der Waals surface area contributed by atoms with Crippen molar-refractivity contribution in [2.24, 2.45) is 5.73 Å².